The third kappa shape index (κ3) is 51.1. The molecule has 0 bridgehead atoms. The quantitative estimate of drug-likeness (QED) is 0.0238. The predicted molar refractivity (Wildman–Crippen MR) is 266 cm³/mol. The molecule has 0 aromatic carbocycles. The van der Waals surface area contributed by atoms with Gasteiger partial charge >= 0.3 is 13.8 Å². The minimum absolute atomic E-state index is 0.0804. The van der Waals surface area contributed by atoms with Gasteiger partial charge < -0.3 is 20.1 Å². The van der Waals surface area contributed by atoms with Gasteiger partial charge in [0.1, 0.15) is 12.7 Å². The van der Waals surface area contributed by atoms with E-state index in [1.54, 1.807) is 0 Å². The first-order valence-electron chi connectivity index (χ1n) is 26.5. The van der Waals surface area contributed by atoms with Crippen molar-refractivity contribution in [2.75, 3.05) is 26.4 Å². The van der Waals surface area contributed by atoms with Crippen molar-refractivity contribution >= 4 is 19.7 Å². The molecular weight excluding hydrogens is 810 g/mol. The summed E-state index contributed by atoms with van der Waals surface area (Å²) in [4.78, 5) is 34.1. The molecule has 370 valence electrons. The summed E-state index contributed by atoms with van der Waals surface area (Å²) >= 11 is 0. The molecular formula is C53H100NO8P. The second-order valence-corrected chi connectivity index (χ2v) is 19.3. The highest BCUT2D eigenvalue weighted by molar-refractivity contribution is 7.47. The van der Waals surface area contributed by atoms with Crippen LogP contribution in [-0.2, 0) is 27.9 Å². The first-order chi connectivity index (χ1) is 30.8. The number of carbonyl (C=O) groups excluding carboxylic acids is 2. The van der Waals surface area contributed by atoms with Gasteiger partial charge in [0.2, 0.25) is 5.91 Å². The van der Waals surface area contributed by atoms with E-state index < -0.39 is 26.5 Å². The lowest BCUT2D eigenvalue weighted by atomic mass is 10.0. The molecule has 0 aromatic heterocycles. The van der Waals surface area contributed by atoms with Gasteiger partial charge in [-0.15, -0.1) is 0 Å². The smallest absolute Gasteiger partial charge is 0.463 e. The minimum Gasteiger partial charge on any atom is -0.463 e. The molecule has 3 N–H and O–H groups in total. The van der Waals surface area contributed by atoms with Crippen molar-refractivity contribution in [1.82, 2.24) is 5.32 Å². The number of amides is 1. The van der Waals surface area contributed by atoms with Crippen LogP contribution >= 0.6 is 7.82 Å². The summed E-state index contributed by atoms with van der Waals surface area (Å²) in [7, 11) is -4.42. The third-order valence-corrected chi connectivity index (χ3v) is 12.5. The number of hydrogen-bond donors (Lipinski definition) is 3. The lowest BCUT2D eigenvalue weighted by molar-refractivity contribution is -0.147. The van der Waals surface area contributed by atoms with Crippen molar-refractivity contribution in [3.05, 3.63) is 36.5 Å². The Hall–Kier alpha value is -1.77. The summed E-state index contributed by atoms with van der Waals surface area (Å²) in [6.07, 6.45) is 58.0. The first-order valence-corrected chi connectivity index (χ1v) is 28.0. The van der Waals surface area contributed by atoms with Crippen molar-refractivity contribution < 1.29 is 37.9 Å². The van der Waals surface area contributed by atoms with E-state index in [2.05, 4.69) is 55.6 Å². The average molecular weight is 910 g/mol. The molecule has 9 nitrogen and oxygen atoms in total. The Balaban J connectivity index is 3.53. The summed E-state index contributed by atoms with van der Waals surface area (Å²) in [6, 6.07) is 0. The molecule has 2 unspecified atom stereocenters. The number of carbonyl (C=O) groups is 2. The van der Waals surface area contributed by atoms with Crippen LogP contribution in [-0.4, -0.2) is 54.3 Å². The van der Waals surface area contributed by atoms with Gasteiger partial charge in [0.15, 0.2) is 0 Å². The van der Waals surface area contributed by atoms with E-state index in [4.69, 9.17) is 13.8 Å². The summed E-state index contributed by atoms with van der Waals surface area (Å²) in [5.41, 5.74) is 0. The minimum atomic E-state index is -4.42. The number of phosphoric acid groups is 1. The van der Waals surface area contributed by atoms with Crippen LogP contribution in [0.25, 0.3) is 0 Å². The van der Waals surface area contributed by atoms with Crippen molar-refractivity contribution in [2.24, 2.45) is 0 Å². The number of rotatable bonds is 50. The van der Waals surface area contributed by atoms with E-state index in [0.29, 0.717) is 6.42 Å². The Labute approximate surface area is 388 Å². The molecule has 0 fully saturated rings. The lowest BCUT2D eigenvalue weighted by Crippen LogP contribution is -2.27. The van der Waals surface area contributed by atoms with Crippen molar-refractivity contribution in [1.29, 1.82) is 0 Å². The largest absolute Gasteiger partial charge is 0.472 e. The fourth-order valence-electron chi connectivity index (χ4n) is 7.53. The van der Waals surface area contributed by atoms with Crippen LogP contribution in [0, 0.1) is 0 Å². The maximum atomic E-state index is 12.2. The summed E-state index contributed by atoms with van der Waals surface area (Å²) < 4.78 is 27.0. The number of aliphatic hydroxyl groups is 1. The number of hydrogen-bond acceptors (Lipinski definition) is 7. The highest BCUT2D eigenvalue weighted by Crippen LogP contribution is 2.42. The molecule has 0 radical (unpaired) electrons. The van der Waals surface area contributed by atoms with Crippen LogP contribution in [0.1, 0.15) is 258 Å². The number of ether oxygens (including phenoxy) is 1. The van der Waals surface area contributed by atoms with Gasteiger partial charge in [-0.2, -0.15) is 0 Å². The molecule has 0 spiro atoms. The van der Waals surface area contributed by atoms with E-state index in [9.17, 15) is 24.2 Å². The molecule has 0 aliphatic rings. The zero-order chi connectivity index (χ0) is 46.0. The molecule has 0 aliphatic heterocycles. The van der Waals surface area contributed by atoms with Gasteiger partial charge in [-0.1, -0.05) is 211 Å². The molecule has 63 heavy (non-hydrogen) atoms. The maximum absolute atomic E-state index is 12.2. The molecule has 0 saturated carbocycles. The van der Waals surface area contributed by atoms with Gasteiger partial charge in [-0.3, -0.25) is 18.6 Å². The number of allylic oxidation sites excluding steroid dienone is 6. The highest BCUT2D eigenvalue weighted by atomic mass is 31.2. The van der Waals surface area contributed by atoms with Crippen LogP contribution in [0.5, 0.6) is 0 Å². The predicted octanol–water partition coefficient (Wildman–Crippen LogP) is 15.7. The van der Waals surface area contributed by atoms with E-state index in [0.717, 1.165) is 44.9 Å². The van der Waals surface area contributed by atoms with E-state index in [1.165, 1.54) is 186 Å². The second-order valence-electron chi connectivity index (χ2n) is 17.8. The summed E-state index contributed by atoms with van der Waals surface area (Å²) in [5.74, 6) is -0.513. The Morgan fingerprint density at radius 1 is 0.492 bits per heavy atom. The number of aliphatic hydroxyl groups excluding tert-OH is 1. The van der Waals surface area contributed by atoms with Gasteiger partial charge in [-0.05, 0) is 70.6 Å². The van der Waals surface area contributed by atoms with Crippen molar-refractivity contribution in [3.63, 3.8) is 0 Å². The molecule has 0 rings (SSSR count). The monoisotopic (exact) mass is 910 g/mol. The SMILES string of the molecule is CCCCC/C=C\C/C=C\CCCCCCCCCCCC(=O)NCCOP(=O)(O)OCC(O)COC(=O)CCCCCCCCCCCCCCC/C=C/CCCCCCCC. The van der Waals surface area contributed by atoms with Crippen LogP contribution in [0.2, 0.25) is 0 Å². The molecule has 0 aromatic rings. The van der Waals surface area contributed by atoms with Crippen molar-refractivity contribution in [3.8, 4) is 0 Å². The van der Waals surface area contributed by atoms with Crippen LogP contribution in [0.15, 0.2) is 36.5 Å². The number of esters is 1. The number of nitrogens with one attached hydrogen (secondary N) is 1. The Morgan fingerprint density at radius 2 is 0.857 bits per heavy atom. The zero-order valence-corrected chi connectivity index (χ0v) is 41.9. The summed E-state index contributed by atoms with van der Waals surface area (Å²) in [6.45, 7) is 3.56. The number of unbranched alkanes of at least 4 members (excludes halogenated alkanes) is 31. The Bertz CT molecular complexity index is 1130. The van der Waals surface area contributed by atoms with E-state index in [1.807, 2.05) is 0 Å². The van der Waals surface area contributed by atoms with Crippen molar-refractivity contribution in [2.45, 2.75) is 264 Å². The summed E-state index contributed by atoms with van der Waals surface area (Å²) in [5, 5.41) is 12.8. The van der Waals surface area contributed by atoms with E-state index in [-0.39, 0.29) is 32.1 Å². The molecule has 0 saturated heterocycles. The average Bonchev–Trinajstić information content (AvgIpc) is 3.27. The topological polar surface area (TPSA) is 131 Å². The normalized spacial score (nSPS) is 13.4. The van der Waals surface area contributed by atoms with Gasteiger partial charge in [0, 0.05) is 19.4 Å². The molecule has 0 aliphatic carbocycles. The first kappa shape index (κ1) is 61.2. The fourth-order valence-corrected chi connectivity index (χ4v) is 8.28. The lowest BCUT2D eigenvalue weighted by Gasteiger charge is -2.15. The van der Waals surface area contributed by atoms with Gasteiger partial charge in [0.05, 0.1) is 13.2 Å². The zero-order valence-electron chi connectivity index (χ0n) is 41.0. The molecule has 0 heterocycles. The highest BCUT2D eigenvalue weighted by Gasteiger charge is 2.23. The maximum Gasteiger partial charge on any atom is 0.472 e. The van der Waals surface area contributed by atoms with Crippen LogP contribution < -0.4 is 5.32 Å². The fraction of sp³-hybridized carbons (Fsp3) is 0.849. The molecule has 2 atom stereocenters. The van der Waals surface area contributed by atoms with Crippen LogP contribution in [0.4, 0.5) is 0 Å². The standard InChI is InChI=1S/C53H100NO8P/c1-3-5-7-9-11-13-15-17-19-21-23-24-25-26-28-30-32-34-36-38-40-42-44-46-53(57)60-49-51(55)50-62-63(58,59)61-48-47-54-52(56)45-43-41-39-37-35-33-31-29-27-22-20-18-16-14-12-10-8-6-4-2/h12,14,17-20,51,55H,3-11,13,15-16,21-50H2,1-2H3,(H,54,56)(H,58,59)/b14-12-,19-17+,20-18-. The Morgan fingerprint density at radius 3 is 1.32 bits per heavy atom. The van der Waals surface area contributed by atoms with Gasteiger partial charge in [0.25, 0.3) is 0 Å². The third-order valence-electron chi connectivity index (χ3n) is 11.5. The van der Waals surface area contributed by atoms with Crippen LogP contribution in [0.3, 0.4) is 0 Å². The molecule has 10 heteroatoms. The van der Waals surface area contributed by atoms with E-state index >= 15 is 0 Å². The number of phosphoric ester groups is 1. The van der Waals surface area contributed by atoms with Gasteiger partial charge in [-0.25, -0.2) is 4.57 Å². The molecule has 1 amide bonds. The Kier molecular flexibility index (Phi) is 48.3. The second kappa shape index (κ2) is 49.7.